The van der Waals surface area contributed by atoms with Crippen molar-refractivity contribution in [1.82, 2.24) is 10.6 Å². The molecule has 0 spiro atoms. The van der Waals surface area contributed by atoms with Crippen LogP contribution in [0.5, 0.6) is 0 Å². The van der Waals surface area contributed by atoms with Crippen molar-refractivity contribution in [3.8, 4) is 0 Å². The molecule has 0 aliphatic carbocycles. The van der Waals surface area contributed by atoms with E-state index in [1.807, 2.05) is 6.92 Å². The lowest BCUT2D eigenvalue weighted by Crippen LogP contribution is -2.51. The smallest absolute Gasteiger partial charge is 0.191 e. The number of nitrogens with one attached hydrogen (secondary N) is 2. The maximum absolute atomic E-state index is 12.3. The number of anilines is 1. The van der Waals surface area contributed by atoms with Crippen molar-refractivity contribution < 1.29 is 8.42 Å². The average Bonchev–Trinajstić information content (AvgIpc) is 2.61. The summed E-state index contributed by atoms with van der Waals surface area (Å²) < 4.78 is 23.8. The number of aryl methyl sites for hydroxylation is 1. The minimum atomic E-state index is -3.16. The summed E-state index contributed by atoms with van der Waals surface area (Å²) >= 11 is 0. The number of nitrogens with zero attached hydrogens (tertiary/aromatic N) is 2. The summed E-state index contributed by atoms with van der Waals surface area (Å²) in [6.07, 6.45) is 2.19. The first-order chi connectivity index (χ1) is 13.1. The lowest BCUT2D eigenvalue weighted by atomic mass is 10.0. The fraction of sp³-hybridized carbons (Fsp3) is 0.667. The quantitative estimate of drug-likeness (QED) is 0.332. The highest BCUT2D eigenvalue weighted by molar-refractivity contribution is 14.0. The Kier molecular flexibility index (Phi) is 10.2. The Balaban J connectivity index is 0.00000420. The van der Waals surface area contributed by atoms with E-state index >= 15 is 0 Å². The van der Waals surface area contributed by atoms with Crippen LogP contribution in [0, 0.1) is 6.92 Å². The van der Waals surface area contributed by atoms with Gasteiger partial charge in [-0.3, -0.25) is 4.99 Å². The molecule has 2 N–H and O–H groups in total. The van der Waals surface area contributed by atoms with Gasteiger partial charge < -0.3 is 15.5 Å². The van der Waals surface area contributed by atoms with Gasteiger partial charge in [0.2, 0.25) is 0 Å². The highest BCUT2D eigenvalue weighted by atomic mass is 127. The van der Waals surface area contributed by atoms with Gasteiger partial charge in [0.15, 0.2) is 15.8 Å². The van der Waals surface area contributed by atoms with Crippen molar-refractivity contribution >= 4 is 45.5 Å². The van der Waals surface area contributed by atoms with Crippen molar-refractivity contribution in [2.75, 3.05) is 36.8 Å². The third-order valence-electron chi connectivity index (χ3n) is 5.07. The number of piperidine rings is 1. The zero-order chi connectivity index (χ0) is 20.8. The first kappa shape index (κ1) is 26.0. The summed E-state index contributed by atoms with van der Waals surface area (Å²) in [6, 6.07) is 8.93. The molecule has 0 amide bonds. The van der Waals surface area contributed by atoms with E-state index in [0.717, 1.165) is 32.5 Å². The Morgan fingerprint density at radius 1 is 1.24 bits per heavy atom. The first-order valence-electron chi connectivity index (χ1n) is 10.2. The molecule has 0 aromatic heterocycles. The van der Waals surface area contributed by atoms with E-state index in [4.69, 9.17) is 0 Å². The highest BCUT2D eigenvalue weighted by Gasteiger charge is 2.28. The summed E-state index contributed by atoms with van der Waals surface area (Å²) in [6.45, 7) is 12.3. The molecule has 0 radical (unpaired) electrons. The third-order valence-corrected chi connectivity index (χ3v) is 7.65. The minimum Gasteiger partial charge on any atom is -0.369 e. The molecule has 1 fully saturated rings. The van der Waals surface area contributed by atoms with Crippen LogP contribution in [-0.4, -0.2) is 57.1 Å². The van der Waals surface area contributed by atoms with Gasteiger partial charge in [-0.2, -0.15) is 0 Å². The number of hydrogen-bond acceptors (Lipinski definition) is 4. The number of benzene rings is 1. The van der Waals surface area contributed by atoms with Crippen LogP contribution in [-0.2, 0) is 9.84 Å². The molecule has 1 atom stereocenters. The van der Waals surface area contributed by atoms with Crippen LogP contribution in [0.3, 0.4) is 0 Å². The standard InChI is InChI=1S/C21H36N4O2S.HI/c1-6-22-20(23-13-15-28(26,27)21(3,4)5)24-18-8-7-14-25(16-18)19-11-9-17(2)10-12-19;/h9-12,18H,6-8,13-16H2,1-5H3,(H2,22,23,24);1H. The number of guanidine groups is 1. The molecule has 0 saturated carbocycles. The molecule has 1 aromatic carbocycles. The lowest BCUT2D eigenvalue weighted by molar-refractivity contribution is 0.468. The van der Waals surface area contributed by atoms with Gasteiger partial charge in [0, 0.05) is 31.4 Å². The summed E-state index contributed by atoms with van der Waals surface area (Å²) in [5, 5.41) is 6.74. The third kappa shape index (κ3) is 7.96. The fourth-order valence-corrected chi connectivity index (χ4v) is 4.13. The van der Waals surface area contributed by atoms with Crippen LogP contribution in [0.25, 0.3) is 0 Å². The second-order valence-corrected chi connectivity index (χ2v) is 11.3. The normalized spacial score (nSPS) is 18.2. The molecular formula is C21H37IN4O2S. The van der Waals surface area contributed by atoms with E-state index < -0.39 is 14.6 Å². The van der Waals surface area contributed by atoms with Gasteiger partial charge in [0.25, 0.3) is 0 Å². The number of halogens is 1. The van der Waals surface area contributed by atoms with Crippen LogP contribution >= 0.6 is 24.0 Å². The summed E-state index contributed by atoms with van der Waals surface area (Å²) in [4.78, 5) is 6.91. The molecule has 1 heterocycles. The molecule has 0 bridgehead atoms. The second kappa shape index (κ2) is 11.4. The maximum Gasteiger partial charge on any atom is 0.191 e. The molecule has 1 aromatic rings. The van der Waals surface area contributed by atoms with Gasteiger partial charge in [0.05, 0.1) is 17.0 Å². The monoisotopic (exact) mass is 536 g/mol. The topological polar surface area (TPSA) is 73.8 Å². The Morgan fingerprint density at radius 3 is 2.48 bits per heavy atom. The molecule has 166 valence electrons. The fourth-order valence-electron chi connectivity index (χ4n) is 3.18. The van der Waals surface area contributed by atoms with Crippen molar-refractivity contribution in [2.24, 2.45) is 4.99 Å². The second-order valence-electron chi connectivity index (χ2n) is 8.46. The molecule has 8 heteroatoms. The molecule has 1 aliphatic rings. The zero-order valence-corrected chi connectivity index (χ0v) is 21.5. The van der Waals surface area contributed by atoms with Gasteiger partial charge in [-0.05, 0) is 59.6 Å². The van der Waals surface area contributed by atoms with Crippen LogP contribution in [0.1, 0.15) is 46.1 Å². The van der Waals surface area contributed by atoms with E-state index in [-0.39, 0.29) is 42.3 Å². The van der Waals surface area contributed by atoms with E-state index in [0.29, 0.717) is 5.96 Å². The molecule has 1 aliphatic heterocycles. The maximum atomic E-state index is 12.3. The molecule has 1 saturated heterocycles. The number of rotatable bonds is 6. The summed E-state index contributed by atoms with van der Waals surface area (Å²) in [7, 11) is -3.16. The molecule has 29 heavy (non-hydrogen) atoms. The largest absolute Gasteiger partial charge is 0.369 e. The van der Waals surface area contributed by atoms with E-state index in [9.17, 15) is 8.42 Å². The van der Waals surface area contributed by atoms with E-state index in [1.54, 1.807) is 20.8 Å². The van der Waals surface area contributed by atoms with Crippen molar-refractivity contribution in [3.63, 3.8) is 0 Å². The van der Waals surface area contributed by atoms with Gasteiger partial charge in [-0.1, -0.05) is 17.7 Å². The molecule has 2 rings (SSSR count). The molecule has 1 unspecified atom stereocenters. The average molecular weight is 537 g/mol. The molecule has 6 nitrogen and oxygen atoms in total. The molecular weight excluding hydrogens is 499 g/mol. The van der Waals surface area contributed by atoms with Crippen molar-refractivity contribution in [3.05, 3.63) is 29.8 Å². The summed E-state index contributed by atoms with van der Waals surface area (Å²) in [5.41, 5.74) is 2.51. The number of hydrogen-bond donors (Lipinski definition) is 2. The Hall–Kier alpha value is -1.03. The van der Waals surface area contributed by atoms with Crippen LogP contribution in [0.2, 0.25) is 0 Å². The Labute approximate surface area is 193 Å². The van der Waals surface area contributed by atoms with Crippen LogP contribution in [0.4, 0.5) is 5.69 Å². The van der Waals surface area contributed by atoms with Crippen LogP contribution < -0.4 is 15.5 Å². The number of sulfone groups is 1. The minimum absolute atomic E-state index is 0. The van der Waals surface area contributed by atoms with Gasteiger partial charge >= 0.3 is 0 Å². The highest BCUT2D eigenvalue weighted by Crippen LogP contribution is 2.20. The predicted molar refractivity (Wildman–Crippen MR) is 134 cm³/mol. The lowest BCUT2D eigenvalue weighted by Gasteiger charge is -2.35. The van der Waals surface area contributed by atoms with E-state index in [1.165, 1.54) is 11.3 Å². The van der Waals surface area contributed by atoms with Gasteiger partial charge in [-0.25, -0.2) is 8.42 Å². The van der Waals surface area contributed by atoms with Crippen molar-refractivity contribution in [2.45, 2.75) is 58.2 Å². The SMILES string of the molecule is CCNC(=NCCS(=O)(=O)C(C)(C)C)NC1CCCN(c2ccc(C)cc2)C1.I. The summed E-state index contributed by atoms with van der Waals surface area (Å²) in [5.74, 6) is 0.759. The predicted octanol–water partition coefficient (Wildman–Crippen LogP) is 3.35. The van der Waals surface area contributed by atoms with Crippen LogP contribution in [0.15, 0.2) is 29.3 Å². The Morgan fingerprint density at radius 2 is 1.90 bits per heavy atom. The van der Waals surface area contributed by atoms with Gasteiger partial charge in [0.1, 0.15) is 0 Å². The van der Waals surface area contributed by atoms with E-state index in [2.05, 4.69) is 51.7 Å². The Bertz CT molecular complexity index is 758. The number of aliphatic imine (C=N–C) groups is 1. The first-order valence-corrected chi connectivity index (χ1v) is 11.9. The van der Waals surface area contributed by atoms with Gasteiger partial charge in [-0.15, -0.1) is 24.0 Å². The van der Waals surface area contributed by atoms with Crippen molar-refractivity contribution in [1.29, 1.82) is 0 Å². The zero-order valence-electron chi connectivity index (χ0n) is 18.4.